The van der Waals surface area contributed by atoms with Crippen LogP contribution >= 0.6 is 0 Å². The number of hydrogen-bond acceptors (Lipinski definition) is 4. The molecule has 5 heteroatoms. The van der Waals surface area contributed by atoms with E-state index in [1.807, 2.05) is 25.8 Å². The summed E-state index contributed by atoms with van der Waals surface area (Å²) < 4.78 is 1.69. The quantitative estimate of drug-likeness (QED) is 0.834. The highest BCUT2D eigenvalue weighted by atomic mass is 16.1. The van der Waals surface area contributed by atoms with E-state index in [9.17, 15) is 9.59 Å². The third-order valence-electron chi connectivity index (χ3n) is 3.80. The van der Waals surface area contributed by atoms with Gasteiger partial charge in [0.2, 0.25) is 0 Å². The monoisotopic (exact) mass is 263 g/mol. The predicted molar refractivity (Wildman–Crippen MR) is 74.5 cm³/mol. The molecule has 0 unspecified atom stereocenters. The number of anilines is 1. The van der Waals surface area contributed by atoms with Crippen LogP contribution in [0.15, 0.2) is 17.2 Å². The van der Waals surface area contributed by atoms with Crippen LogP contribution in [0.2, 0.25) is 0 Å². The van der Waals surface area contributed by atoms with E-state index >= 15 is 0 Å². The molecule has 1 heterocycles. The Hall–Kier alpha value is -1.65. The smallest absolute Gasteiger partial charge is 0.293 e. The van der Waals surface area contributed by atoms with Crippen LogP contribution in [-0.2, 0) is 4.79 Å². The molecule has 0 radical (unpaired) electrons. The highest BCUT2D eigenvalue weighted by Gasteiger charge is 2.24. The van der Waals surface area contributed by atoms with Gasteiger partial charge < -0.3 is 9.47 Å². The van der Waals surface area contributed by atoms with Gasteiger partial charge in [-0.25, -0.2) is 4.98 Å². The van der Waals surface area contributed by atoms with Crippen molar-refractivity contribution >= 4 is 11.6 Å². The molecule has 5 nitrogen and oxygen atoms in total. The zero-order valence-electron chi connectivity index (χ0n) is 11.8. The summed E-state index contributed by atoms with van der Waals surface area (Å²) in [6, 6.07) is 0.358. The number of ketones is 1. The van der Waals surface area contributed by atoms with Gasteiger partial charge in [-0.15, -0.1) is 0 Å². The van der Waals surface area contributed by atoms with Gasteiger partial charge in [0.25, 0.3) is 5.56 Å². The number of nitrogens with zero attached hydrogens (tertiary/aromatic N) is 3. The lowest BCUT2D eigenvalue weighted by molar-refractivity contribution is -0.120. The molecule has 0 aromatic carbocycles. The highest BCUT2D eigenvalue weighted by molar-refractivity contribution is 5.79. The Bertz CT molecular complexity index is 512. The second-order valence-corrected chi connectivity index (χ2v) is 5.44. The van der Waals surface area contributed by atoms with Gasteiger partial charge in [0.1, 0.15) is 5.78 Å². The molecule has 0 saturated heterocycles. The summed E-state index contributed by atoms with van der Waals surface area (Å²) >= 11 is 0. The standard InChI is InChI=1S/C14H21N3O2/c1-10(2)17-9-8-15-13(14(17)19)16(3)11-4-6-12(18)7-5-11/h8-11H,4-7H2,1-3H3. The second kappa shape index (κ2) is 5.55. The molecule has 0 N–H and O–H groups in total. The van der Waals surface area contributed by atoms with Crippen molar-refractivity contribution in [1.29, 1.82) is 0 Å². The Kier molecular flexibility index (Phi) is 4.02. The molecule has 0 aliphatic heterocycles. The fraction of sp³-hybridized carbons (Fsp3) is 0.643. The highest BCUT2D eigenvalue weighted by Crippen LogP contribution is 2.21. The van der Waals surface area contributed by atoms with Crippen LogP contribution in [0.1, 0.15) is 45.6 Å². The Morgan fingerprint density at radius 2 is 1.95 bits per heavy atom. The van der Waals surface area contributed by atoms with E-state index in [1.54, 1.807) is 17.0 Å². The molecule has 0 bridgehead atoms. The van der Waals surface area contributed by atoms with Crippen molar-refractivity contribution in [3.05, 3.63) is 22.7 Å². The van der Waals surface area contributed by atoms with Crippen molar-refractivity contribution in [3.8, 4) is 0 Å². The van der Waals surface area contributed by atoms with E-state index in [-0.39, 0.29) is 17.6 Å². The number of Topliss-reactive ketones (excluding diaryl/α,β-unsaturated/α-hetero) is 1. The van der Waals surface area contributed by atoms with E-state index in [0.717, 1.165) is 12.8 Å². The number of carbonyl (C=O) groups is 1. The molecule has 1 aromatic rings. The largest absolute Gasteiger partial charge is 0.352 e. The number of hydrogen-bond donors (Lipinski definition) is 0. The fourth-order valence-corrected chi connectivity index (χ4v) is 2.55. The molecule has 0 atom stereocenters. The maximum Gasteiger partial charge on any atom is 0.293 e. The lowest BCUT2D eigenvalue weighted by Crippen LogP contribution is -2.40. The first-order chi connectivity index (χ1) is 9.00. The van der Waals surface area contributed by atoms with Crippen LogP contribution in [0.4, 0.5) is 5.82 Å². The molecule has 1 aliphatic rings. The van der Waals surface area contributed by atoms with Crippen molar-refractivity contribution in [2.24, 2.45) is 0 Å². The van der Waals surface area contributed by atoms with Crippen molar-refractivity contribution < 1.29 is 4.79 Å². The van der Waals surface area contributed by atoms with Gasteiger partial charge in [0, 0.05) is 44.4 Å². The minimum atomic E-state index is -0.0584. The lowest BCUT2D eigenvalue weighted by Gasteiger charge is -2.31. The Morgan fingerprint density at radius 1 is 1.32 bits per heavy atom. The van der Waals surface area contributed by atoms with Gasteiger partial charge in [0.05, 0.1) is 0 Å². The normalized spacial score (nSPS) is 16.9. The molecule has 104 valence electrons. The zero-order chi connectivity index (χ0) is 14.0. The molecule has 2 rings (SSSR count). The molecular weight excluding hydrogens is 242 g/mol. The minimum Gasteiger partial charge on any atom is -0.352 e. The summed E-state index contributed by atoms with van der Waals surface area (Å²) in [6.07, 6.45) is 6.23. The number of carbonyl (C=O) groups excluding carboxylic acids is 1. The average Bonchev–Trinajstić information content (AvgIpc) is 2.38. The maximum absolute atomic E-state index is 12.4. The zero-order valence-corrected chi connectivity index (χ0v) is 11.8. The van der Waals surface area contributed by atoms with Gasteiger partial charge in [-0.05, 0) is 26.7 Å². The van der Waals surface area contributed by atoms with Crippen molar-refractivity contribution in [3.63, 3.8) is 0 Å². The van der Waals surface area contributed by atoms with Crippen LogP contribution in [-0.4, -0.2) is 28.4 Å². The number of aromatic nitrogens is 2. The van der Waals surface area contributed by atoms with E-state index in [2.05, 4.69) is 4.98 Å². The molecule has 1 saturated carbocycles. The molecule has 0 amide bonds. The van der Waals surface area contributed by atoms with Crippen LogP contribution in [0.3, 0.4) is 0 Å². The van der Waals surface area contributed by atoms with Crippen molar-refractivity contribution in [2.75, 3.05) is 11.9 Å². The first kappa shape index (κ1) is 13.8. The van der Waals surface area contributed by atoms with Crippen LogP contribution < -0.4 is 10.5 Å². The van der Waals surface area contributed by atoms with E-state index in [0.29, 0.717) is 24.4 Å². The maximum atomic E-state index is 12.4. The van der Waals surface area contributed by atoms with E-state index < -0.39 is 0 Å². The van der Waals surface area contributed by atoms with Gasteiger partial charge in [-0.1, -0.05) is 0 Å². The van der Waals surface area contributed by atoms with Crippen LogP contribution in [0.5, 0.6) is 0 Å². The van der Waals surface area contributed by atoms with Crippen LogP contribution in [0, 0.1) is 0 Å². The lowest BCUT2D eigenvalue weighted by atomic mass is 9.93. The first-order valence-corrected chi connectivity index (χ1v) is 6.82. The SMILES string of the molecule is CC(C)n1ccnc(N(C)C2CCC(=O)CC2)c1=O. The van der Waals surface area contributed by atoms with E-state index in [1.165, 1.54) is 0 Å². The molecule has 19 heavy (non-hydrogen) atoms. The average molecular weight is 263 g/mol. The summed E-state index contributed by atoms with van der Waals surface area (Å²) in [5.74, 6) is 0.806. The Balaban J connectivity index is 2.24. The third kappa shape index (κ3) is 2.85. The third-order valence-corrected chi connectivity index (χ3v) is 3.80. The second-order valence-electron chi connectivity index (χ2n) is 5.44. The van der Waals surface area contributed by atoms with Gasteiger partial charge >= 0.3 is 0 Å². The summed E-state index contributed by atoms with van der Waals surface area (Å²) in [5.41, 5.74) is -0.0584. The van der Waals surface area contributed by atoms with Gasteiger partial charge in [0.15, 0.2) is 5.82 Å². The summed E-state index contributed by atoms with van der Waals surface area (Å²) in [6.45, 7) is 3.95. The van der Waals surface area contributed by atoms with Gasteiger partial charge in [-0.3, -0.25) is 9.59 Å². The first-order valence-electron chi connectivity index (χ1n) is 6.82. The van der Waals surface area contributed by atoms with Crippen molar-refractivity contribution in [2.45, 2.75) is 51.6 Å². The Morgan fingerprint density at radius 3 is 2.53 bits per heavy atom. The molecule has 1 aromatic heterocycles. The summed E-state index contributed by atoms with van der Waals surface area (Å²) in [5, 5.41) is 0. The van der Waals surface area contributed by atoms with Crippen molar-refractivity contribution in [1.82, 2.24) is 9.55 Å². The molecule has 0 spiro atoms. The van der Waals surface area contributed by atoms with Gasteiger partial charge in [-0.2, -0.15) is 0 Å². The Labute approximate surface area is 113 Å². The molecule has 1 fully saturated rings. The van der Waals surface area contributed by atoms with Crippen LogP contribution in [0.25, 0.3) is 0 Å². The summed E-state index contributed by atoms with van der Waals surface area (Å²) in [7, 11) is 1.90. The topological polar surface area (TPSA) is 55.2 Å². The fourth-order valence-electron chi connectivity index (χ4n) is 2.55. The predicted octanol–water partition coefficient (Wildman–Crippen LogP) is 1.77. The minimum absolute atomic E-state index is 0.0584. The number of rotatable bonds is 3. The summed E-state index contributed by atoms with van der Waals surface area (Å²) in [4.78, 5) is 29.8. The van der Waals surface area contributed by atoms with E-state index in [4.69, 9.17) is 0 Å². The molecular formula is C14H21N3O2. The molecule has 1 aliphatic carbocycles.